The maximum Gasteiger partial charge on any atom is 0.317 e. The van der Waals surface area contributed by atoms with Crippen LogP contribution in [-0.4, -0.2) is 29.0 Å². The Balaban J connectivity index is 1.89. The van der Waals surface area contributed by atoms with Crippen molar-refractivity contribution >= 4 is 6.03 Å². The SMILES string of the molecule is CCN(CC)C(=O)NCc1ccc(Oc2ccc(F)cc2)nc1. The number of pyridine rings is 1. The van der Waals surface area contributed by atoms with Crippen molar-refractivity contribution in [1.29, 1.82) is 0 Å². The second-order valence-electron chi connectivity index (χ2n) is 4.89. The Kier molecular flexibility index (Phi) is 5.91. The van der Waals surface area contributed by atoms with Gasteiger partial charge in [-0.3, -0.25) is 0 Å². The number of rotatable bonds is 6. The minimum absolute atomic E-state index is 0.0957. The molecule has 0 fully saturated rings. The molecule has 5 nitrogen and oxygen atoms in total. The molecule has 1 aromatic heterocycles. The number of carbonyl (C=O) groups excluding carboxylic acids is 1. The van der Waals surface area contributed by atoms with Crippen molar-refractivity contribution in [3.05, 3.63) is 54.0 Å². The number of ether oxygens (including phenoxy) is 1. The van der Waals surface area contributed by atoms with E-state index in [4.69, 9.17) is 4.74 Å². The zero-order valence-electron chi connectivity index (χ0n) is 13.3. The zero-order chi connectivity index (χ0) is 16.7. The van der Waals surface area contributed by atoms with Gasteiger partial charge in [0.2, 0.25) is 5.88 Å². The third-order valence-corrected chi connectivity index (χ3v) is 3.33. The van der Waals surface area contributed by atoms with Crippen LogP contribution in [-0.2, 0) is 6.54 Å². The van der Waals surface area contributed by atoms with Gasteiger partial charge in [-0.1, -0.05) is 6.07 Å². The molecule has 1 aromatic carbocycles. The molecule has 0 aliphatic heterocycles. The first kappa shape index (κ1) is 16.7. The summed E-state index contributed by atoms with van der Waals surface area (Å²) in [5.74, 6) is 0.613. The lowest BCUT2D eigenvalue weighted by Gasteiger charge is -2.19. The van der Waals surface area contributed by atoms with Gasteiger partial charge in [0.05, 0.1) is 0 Å². The molecule has 2 rings (SSSR count). The number of carbonyl (C=O) groups is 1. The third kappa shape index (κ3) is 4.95. The first-order valence-electron chi connectivity index (χ1n) is 7.53. The molecule has 23 heavy (non-hydrogen) atoms. The van der Waals surface area contributed by atoms with E-state index in [-0.39, 0.29) is 11.8 Å². The maximum atomic E-state index is 12.8. The van der Waals surface area contributed by atoms with Crippen LogP contribution in [0.2, 0.25) is 0 Å². The van der Waals surface area contributed by atoms with Crippen LogP contribution in [0.3, 0.4) is 0 Å². The molecule has 2 aromatic rings. The Bertz CT molecular complexity index is 625. The van der Waals surface area contributed by atoms with E-state index in [1.165, 1.54) is 24.3 Å². The van der Waals surface area contributed by atoms with Crippen molar-refractivity contribution < 1.29 is 13.9 Å². The number of hydrogen-bond donors (Lipinski definition) is 1. The number of halogens is 1. The number of hydrogen-bond acceptors (Lipinski definition) is 3. The van der Waals surface area contributed by atoms with Crippen LogP contribution >= 0.6 is 0 Å². The Morgan fingerprint density at radius 3 is 2.43 bits per heavy atom. The number of benzene rings is 1. The average Bonchev–Trinajstić information content (AvgIpc) is 2.57. The number of urea groups is 1. The van der Waals surface area contributed by atoms with E-state index >= 15 is 0 Å². The van der Waals surface area contributed by atoms with Crippen LogP contribution < -0.4 is 10.1 Å². The molecule has 2 amide bonds. The summed E-state index contributed by atoms with van der Waals surface area (Å²) in [7, 11) is 0. The van der Waals surface area contributed by atoms with Crippen molar-refractivity contribution in [2.45, 2.75) is 20.4 Å². The van der Waals surface area contributed by atoms with Crippen LogP contribution in [0.4, 0.5) is 9.18 Å². The fraction of sp³-hybridized carbons (Fsp3) is 0.294. The van der Waals surface area contributed by atoms with Gasteiger partial charge in [0.1, 0.15) is 11.6 Å². The average molecular weight is 317 g/mol. The second-order valence-corrected chi connectivity index (χ2v) is 4.89. The highest BCUT2D eigenvalue weighted by Gasteiger charge is 2.08. The number of aromatic nitrogens is 1. The van der Waals surface area contributed by atoms with Crippen molar-refractivity contribution in [2.75, 3.05) is 13.1 Å². The number of amides is 2. The molecule has 0 saturated heterocycles. The van der Waals surface area contributed by atoms with E-state index in [1.807, 2.05) is 19.9 Å². The Hall–Kier alpha value is -2.63. The molecule has 0 unspecified atom stereocenters. The lowest BCUT2D eigenvalue weighted by atomic mass is 10.3. The summed E-state index contributed by atoms with van der Waals surface area (Å²) in [4.78, 5) is 17.7. The second kappa shape index (κ2) is 8.12. The molecule has 0 saturated carbocycles. The molecular formula is C17H20FN3O2. The van der Waals surface area contributed by atoms with Crippen LogP contribution in [0, 0.1) is 5.82 Å². The lowest BCUT2D eigenvalue weighted by molar-refractivity contribution is 0.203. The first-order valence-corrected chi connectivity index (χ1v) is 7.53. The Morgan fingerprint density at radius 2 is 1.87 bits per heavy atom. The Morgan fingerprint density at radius 1 is 1.17 bits per heavy atom. The van der Waals surface area contributed by atoms with Crippen molar-refractivity contribution in [1.82, 2.24) is 15.2 Å². The minimum atomic E-state index is -0.315. The molecule has 0 aliphatic rings. The van der Waals surface area contributed by atoms with Gasteiger partial charge in [0, 0.05) is 31.9 Å². The molecule has 1 heterocycles. The van der Waals surface area contributed by atoms with Crippen molar-refractivity contribution in [3.63, 3.8) is 0 Å². The Labute approximate surface area is 135 Å². The fourth-order valence-corrected chi connectivity index (χ4v) is 2.00. The molecule has 0 spiro atoms. The normalized spacial score (nSPS) is 10.2. The predicted molar refractivity (Wildman–Crippen MR) is 85.9 cm³/mol. The largest absolute Gasteiger partial charge is 0.439 e. The lowest BCUT2D eigenvalue weighted by Crippen LogP contribution is -2.39. The van der Waals surface area contributed by atoms with Gasteiger partial charge >= 0.3 is 6.03 Å². The van der Waals surface area contributed by atoms with Crippen LogP contribution in [0.1, 0.15) is 19.4 Å². The van der Waals surface area contributed by atoms with Crippen LogP contribution in [0.15, 0.2) is 42.6 Å². The molecule has 0 bridgehead atoms. The molecule has 1 N–H and O–H groups in total. The highest BCUT2D eigenvalue weighted by atomic mass is 19.1. The van der Waals surface area contributed by atoms with Gasteiger partial charge < -0.3 is 15.0 Å². The highest BCUT2D eigenvalue weighted by Crippen LogP contribution is 2.19. The molecule has 6 heteroatoms. The van der Waals surface area contributed by atoms with E-state index in [0.717, 1.165) is 5.56 Å². The van der Waals surface area contributed by atoms with Gasteiger partial charge in [-0.25, -0.2) is 14.2 Å². The van der Waals surface area contributed by atoms with Crippen molar-refractivity contribution in [2.24, 2.45) is 0 Å². The third-order valence-electron chi connectivity index (χ3n) is 3.33. The molecular weight excluding hydrogens is 297 g/mol. The molecule has 0 atom stereocenters. The maximum absolute atomic E-state index is 12.8. The van der Waals surface area contributed by atoms with Gasteiger partial charge in [0.25, 0.3) is 0 Å². The summed E-state index contributed by atoms with van der Waals surface area (Å²) >= 11 is 0. The summed E-state index contributed by atoms with van der Waals surface area (Å²) in [5, 5.41) is 2.84. The smallest absolute Gasteiger partial charge is 0.317 e. The molecule has 0 radical (unpaired) electrons. The quantitative estimate of drug-likeness (QED) is 0.886. The molecule has 0 aliphatic carbocycles. The monoisotopic (exact) mass is 317 g/mol. The van der Waals surface area contributed by atoms with E-state index in [0.29, 0.717) is 31.3 Å². The van der Waals surface area contributed by atoms with E-state index in [2.05, 4.69) is 10.3 Å². The van der Waals surface area contributed by atoms with Crippen LogP contribution in [0.5, 0.6) is 11.6 Å². The summed E-state index contributed by atoms with van der Waals surface area (Å²) in [6.07, 6.45) is 1.64. The number of nitrogens with zero attached hydrogens (tertiary/aromatic N) is 2. The summed E-state index contributed by atoms with van der Waals surface area (Å²) < 4.78 is 18.3. The summed E-state index contributed by atoms with van der Waals surface area (Å²) in [6.45, 7) is 5.62. The van der Waals surface area contributed by atoms with E-state index in [1.54, 1.807) is 17.2 Å². The number of nitrogens with one attached hydrogen (secondary N) is 1. The fourth-order valence-electron chi connectivity index (χ4n) is 2.00. The van der Waals surface area contributed by atoms with E-state index in [9.17, 15) is 9.18 Å². The summed E-state index contributed by atoms with van der Waals surface area (Å²) in [5.41, 5.74) is 0.872. The van der Waals surface area contributed by atoms with Gasteiger partial charge in [-0.2, -0.15) is 0 Å². The van der Waals surface area contributed by atoms with Crippen molar-refractivity contribution in [3.8, 4) is 11.6 Å². The highest BCUT2D eigenvalue weighted by molar-refractivity contribution is 5.74. The van der Waals surface area contributed by atoms with Gasteiger partial charge in [-0.15, -0.1) is 0 Å². The minimum Gasteiger partial charge on any atom is -0.439 e. The van der Waals surface area contributed by atoms with Gasteiger partial charge in [-0.05, 0) is 43.7 Å². The van der Waals surface area contributed by atoms with Crippen LogP contribution in [0.25, 0.3) is 0 Å². The zero-order valence-corrected chi connectivity index (χ0v) is 13.3. The summed E-state index contributed by atoms with van der Waals surface area (Å²) in [6, 6.07) is 9.17. The van der Waals surface area contributed by atoms with Gasteiger partial charge in [0.15, 0.2) is 0 Å². The van der Waals surface area contributed by atoms with E-state index < -0.39 is 0 Å². The first-order chi connectivity index (χ1) is 11.1. The predicted octanol–water partition coefficient (Wildman–Crippen LogP) is 3.56. The molecule has 122 valence electrons. The standard InChI is InChI=1S/C17H20FN3O2/c1-3-21(4-2)17(22)20-12-13-5-10-16(19-11-13)23-15-8-6-14(18)7-9-15/h5-11H,3-4,12H2,1-2H3,(H,20,22). The topological polar surface area (TPSA) is 54.5 Å².